The molecular weight excluding hydrogens is 448 g/mol. The molecule has 10 nitrogen and oxygen atoms in total. The highest BCUT2D eigenvalue weighted by atomic mass is 32.1. The molecule has 11 heteroatoms. The topological polar surface area (TPSA) is 149 Å². The predicted molar refractivity (Wildman–Crippen MR) is 122 cm³/mol. The third-order valence-corrected chi connectivity index (χ3v) is 6.02. The summed E-state index contributed by atoms with van der Waals surface area (Å²) in [6.45, 7) is 3.34. The smallest absolute Gasteiger partial charge is 0.341 e. The maximum absolute atomic E-state index is 12.4. The molecule has 1 heterocycles. The Balaban J connectivity index is 1.63. The van der Waals surface area contributed by atoms with Crippen LogP contribution >= 0.6 is 11.3 Å². The number of benzene rings is 1. The average molecular weight is 473 g/mol. The van der Waals surface area contributed by atoms with Gasteiger partial charge < -0.3 is 20.5 Å². The number of nitrogens with one attached hydrogen (secondary N) is 2. The van der Waals surface area contributed by atoms with E-state index in [2.05, 4.69) is 15.8 Å². The average Bonchev–Trinajstić information content (AvgIpc) is 3.37. The van der Waals surface area contributed by atoms with E-state index < -0.39 is 23.7 Å². The van der Waals surface area contributed by atoms with Crippen LogP contribution in [0.2, 0.25) is 0 Å². The van der Waals surface area contributed by atoms with Crippen molar-refractivity contribution in [3.05, 3.63) is 45.8 Å². The van der Waals surface area contributed by atoms with Crippen LogP contribution in [0.4, 0.5) is 5.00 Å². The summed E-state index contributed by atoms with van der Waals surface area (Å²) in [6.07, 6.45) is 2.50. The van der Waals surface area contributed by atoms with Crippen LogP contribution in [0.25, 0.3) is 0 Å². The Hall–Kier alpha value is -3.73. The molecule has 1 aliphatic carbocycles. The highest BCUT2D eigenvalue weighted by Gasteiger charge is 2.29. The highest BCUT2D eigenvalue weighted by molar-refractivity contribution is 7.17. The van der Waals surface area contributed by atoms with Gasteiger partial charge in [0.15, 0.2) is 6.61 Å². The number of aryl methyl sites for hydroxylation is 1. The Bertz CT molecular complexity index is 1110. The Morgan fingerprint density at radius 1 is 1.12 bits per heavy atom. The van der Waals surface area contributed by atoms with E-state index in [0.717, 1.165) is 29.7 Å². The van der Waals surface area contributed by atoms with Crippen LogP contribution in [-0.4, -0.2) is 42.6 Å². The van der Waals surface area contributed by atoms with Gasteiger partial charge in [0, 0.05) is 4.88 Å². The van der Waals surface area contributed by atoms with Crippen molar-refractivity contribution in [1.82, 2.24) is 5.43 Å². The van der Waals surface area contributed by atoms with Crippen LogP contribution < -0.4 is 21.2 Å². The fourth-order valence-electron chi connectivity index (χ4n) is 3.27. The molecule has 0 bridgehead atoms. The van der Waals surface area contributed by atoms with Gasteiger partial charge in [-0.3, -0.25) is 14.4 Å². The minimum atomic E-state index is -0.973. The zero-order chi connectivity index (χ0) is 24.0. The van der Waals surface area contributed by atoms with E-state index in [1.165, 1.54) is 11.3 Å². The molecular formula is C22H24N4O6S. The molecule has 1 aromatic heterocycles. The first kappa shape index (κ1) is 23.9. The lowest BCUT2D eigenvalue weighted by Gasteiger charge is -2.08. The first-order valence-electron chi connectivity index (χ1n) is 10.3. The van der Waals surface area contributed by atoms with Crippen molar-refractivity contribution in [1.29, 1.82) is 0 Å². The second kappa shape index (κ2) is 10.7. The number of primary amides is 1. The van der Waals surface area contributed by atoms with Crippen LogP contribution in [0.5, 0.6) is 5.75 Å². The summed E-state index contributed by atoms with van der Waals surface area (Å²) >= 11 is 1.29. The van der Waals surface area contributed by atoms with Gasteiger partial charge in [-0.2, -0.15) is 5.10 Å². The summed E-state index contributed by atoms with van der Waals surface area (Å²) in [5.41, 5.74) is 9.57. The van der Waals surface area contributed by atoms with Crippen LogP contribution in [0.1, 0.15) is 46.6 Å². The number of hydrazone groups is 1. The van der Waals surface area contributed by atoms with Gasteiger partial charge in [-0.25, -0.2) is 10.2 Å². The van der Waals surface area contributed by atoms with Gasteiger partial charge in [-0.1, -0.05) is 0 Å². The molecule has 0 aliphatic heterocycles. The number of ether oxygens (including phenoxy) is 2. The van der Waals surface area contributed by atoms with Gasteiger partial charge >= 0.3 is 17.8 Å². The van der Waals surface area contributed by atoms with E-state index in [9.17, 15) is 19.2 Å². The lowest BCUT2D eigenvalue weighted by molar-refractivity contribution is -0.136. The van der Waals surface area contributed by atoms with E-state index in [4.69, 9.17) is 15.2 Å². The van der Waals surface area contributed by atoms with Crippen LogP contribution in [0, 0.1) is 0 Å². The molecule has 2 aromatic rings. The predicted octanol–water partition coefficient (Wildman–Crippen LogP) is 1.76. The first-order chi connectivity index (χ1) is 15.8. The minimum Gasteiger partial charge on any atom is -0.484 e. The maximum atomic E-state index is 12.4. The standard InChI is InChI=1S/C22H24N4O6S/c1-3-31-22(30)18-15-5-4-6-16(15)33-21(18)24-19(28)20(29)26-25-12(2)13-7-9-14(10-8-13)32-11-17(23)27/h7-10H,3-6,11H2,1-2H3,(H2,23,27)(H,24,28)(H,26,29)/b25-12+. The minimum absolute atomic E-state index is 0.212. The summed E-state index contributed by atoms with van der Waals surface area (Å²) in [7, 11) is 0. The zero-order valence-electron chi connectivity index (χ0n) is 18.2. The summed E-state index contributed by atoms with van der Waals surface area (Å²) < 4.78 is 10.3. The van der Waals surface area contributed by atoms with Gasteiger partial charge in [0.1, 0.15) is 10.8 Å². The molecule has 4 N–H and O–H groups in total. The number of nitrogens with two attached hydrogens (primary N) is 1. The van der Waals surface area contributed by atoms with Gasteiger partial charge in [-0.15, -0.1) is 11.3 Å². The van der Waals surface area contributed by atoms with Crippen molar-refractivity contribution < 1.29 is 28.7 Å². The van der Waals surface area contributed by atoms with Crippen LogP contribution in [0.3, 0.4) is 0 Å². The Labute approximate surface area is 194 Å². The number of anilines is 1. The summed E-state index contributed by atoms with van der Waals surface area (Å²) in [6, 6.07) is 6.61. The number of nitrogens with zero attached hydrogens (tertiary/aromatic N) is 1. The normalized spacial score (nSPS) is 12.6. The second-order valence-corrected chi connectivity index (χ2v) is 8.26. The van der Waals surface area contributed by atoms with E-state index in [1.807, 2.05) is 0 Å². The molecule has 0 atom stereocenters. The molecule has 0 unspecified atom stereocenters. The number of amides is 3. The number of carbonyl (C=O) groups is 4. The molecule has 33 heavy (non-hydrogen) atoms. The molecule has 174 valence electrons. The third-order valence-electron chi connectivity index (χ3n) is 4.81. The highest BCUT2D eigenvalue weighted by Crippen LogP contribution is 2.39. The largest absolute Gasteiger partial charge is 0.484 e. The Morgan fingerprint density at radius 3 is 2.52 bits per heavy atom. The molecule has 3 rings (SSSR count). The van der Waals surface area contributed by atoms with Gasteiger partial charge in [0.05, 0.1) is 17.9 Å². The number of thiophene rings is 1. The SMILES string of the molecule is CCOC(=O)c1c(NC(=O)C(=O)N/N=C(\C)c2ccc(OCC(N)=O)cc2)sc2c1CCC2. The number of fused-ring (bicyclic) bond motifs is 1. The molecule has 0 radical (unpaired) electrons. The van der Waals surface area contributed by atoms with Crippen molar-refractivity contribution in [3.63, 3.8) is 0 Å². The number of rotatable bonds is 8. The number of hydrogen-bond acceptors (Lipinski definition) is 8. The van der Waals surface area contributed by atoms with E-state index in [0.29, 0.717) is 27.6 Å². The molecule has 0 fully saturated rings. The molecule has 1 aromatic carbocycles. The maximum Gasteiger partial charge on any atom is 0.341 e. The van der Waals surface area contributed by atoms with Gasteiger partial charge in [0.2, 0.25) is 0 Å². The van der Waals surface area contributed by atoms with Crippen molar-refractivity contribution in [2.24, 2.45) is 10.8 Å². The molecule has 1 aliphatic rings. The number of carbonyl (C=O) groups excluding carboxylic acids is 4. The fourth-order valence-corrected chi connectivity index (χ4v) is 4.54. The monoisotopic (exact) mass is 472 g/mol. The fraction of sp³-hybridized carbons (Fsp3) is 0.318. The molecule has 3 amide bonds. The summed E-state index contributed by atoms with van der Waals surface area (Å²) in [5.74, 6) is -2.55. The lowest BCUT2D eigenvalue weighted by Crippen LogP contribution is -2.33. The van der Waals surface area contributed by atoms with Crippen LogP contribution in [-0.2, 0) is 32.0 Å². The lowest BCUT2D eigenvalue weighted by atomic mass is 10.1. The second-order valence-electron chi connectivity index (χ2n) is 7.15. The number of esters is 1. The molecule has 0 saturated carbocycles. The molecule has 0 saturated heterocycles. The van der Waals surface area contributed by atoms with E-state index in [1.54, 1.807) is 38.1 Å². The van der Waals surface area contributed by atoms with Crippen molar-refractivity contribution >= 4 is 45.7 Å². The quantitative estimate of drug-likeness (QED) is 0.231. The Kier molecular flexibility index (Phi) is 7.78. The third kappa shape index (κ3) is 5.95. The zero-order valence-corrected chi connectivity index (χ0v) is 19.0. The van der Waals surface area contributed by atoms with Gasteiger partial charge in [-0.05, 0) is 68.5 Å². The Morgan fingerprint density at radius 2 is 1.85 bits per heavy atom. The number of hydrogen-bond donors (Lipinski definition) is 3. The van der Waals surface area contributed by atoms with Crippen LogP contribution in [0.15, 0.2) is 29.4 Å². The van der Waals surface area contributed by atoms with Crippen molar-refractivity contribution in [2.75, 3.05) is 18.5 Å². The summed E-state index contributed by atoms with van der Waals surface area (Å²) in [4.78, 5) is 48.8. The van der Waals surface area contributed by atoms with Crippen molar-refractivity contribution in [3.8, 4) is 5.75 Å². The summed E-state index contributed by atoms with van der Waals surface area (Å²) in [5, 5.41) is 6.78. The van der Waals surface area contributed by atoms with Crippen molar-refractivity contribution in [2.45, 2.75) is 33.1 Å². The van der Waals surface area contributed by atoms with Gasteiger partial charge in [0.25, 0.3) is 5.91 Å². The van der Waals surface area contributed by atoms with E-state index in [-0.39, 0.29) is 13.2 Å². The molecule has 0 spiro atoms. The van der Waals surface area contributed by atoms with E-state index >= 15 is 0 Å². The first-order valence-corrected chi connectivity index (χ1v) is 11.1.